The van der Waals surface area contributed by atoms with E-state index in [0.717, 1.165) is 56.6 Å². The molecule has 0 bridgehead atoms. The molecule has 5 nitrogen and oxygen atoms in total. The maximum Gasteiger partial charge on any atom is 0.256 e. The first kappa shape index (κ1) is 23.4. The van der Waals surface area contributed by atoms with E-state index < -0.39 is 0 Å². The fourth-order valence-electron chi connectivity index (χ4n) is 6.10. The zero-order chi connectivity index (χ0) is 24.6. The number of piperidine rings is 1. The van der Waals surface area contributed by atoms with Crippen molar-refractivity contribution in [2.75, 3.05) is 32.7 Å². The van der Waals surface area contributed by atoms with Crippen LogP contribution in [0.2, 0.25) is 0 Å². The normalized spacial score (nSPS) is 21.4. The smallest absolute Gasteiger partial charge is 0.256 e. The van der Waals surface area contributed by atoms with E-state index in [4.69, 9.17) is 0 Å². The molecule has 2 fully saturated rings. The van der Waals surface area contributed by atoms with Gasteiger partial charge in [-0.3, -0.25) is 4.79 Å². The molecule has 1 amide bonds. The van der Waals surface area contributed by atoms with Crippen molar-refractivity contribution in [1.29, 1.82) is 0 Å². The van der Waals surface area contributed by atoms with Gasteiger partial charge in [0.1, 0.15) is 11.3 Å². The maximum absolute atomic E-state index is 13.7. The molecule has 2 unspecified atom stereocenters. The zero-order valence-corrected chi connectivity index (χ0v) is 21.3. The fraction of sp³-hybridized carbons (Fsp3) is 0.379. The fourth-order valence-corrected chi connectivity index (χ4v) is 6.83. The molecule has 7 heteroatoms. The lowest BCUT2D eigenvalue weighted by molar-refractivity contribution is 0.0783. The molecule has 36 heavy (non-hydrogen) atoms. The lowest BCUT2D eigenvalue weighted by Crippen LogP contribution is -2.38. The molecule has 2 aliphatic heterocycles. The lowest BCUT2D eigenvalue weighted by Gasteiger charge is -2.34. The first-order chi connectivity index (χ1) is 17.6. The minimum Gasteiger partial charge on any atom is -0.338 e. The van der Waals surface area contributed by atoms with Crippen LogP contribution in [0.3, 0.4) is 0 Å². The number of benzene rings is 2. The van der Waals surface area contributed by atoms with Gasteiger partial charge in [0.25, 0.3) is 5.91 Å². The Kier molecular flexibility index (Phi) is 6.36. The molecule has 0 N–H and O–H groups in total. The molecule has 2 aromatic heterocycles. The lowest BCUT2D eigenvalue weighted by atomic mass is 9.87. The summed E-state index contributed by atoms with van der Waals surface area (Å²) in [7, 11) is 1.96. The quantitative estimate of drug-likeness (QED) is 0.361. The van der Waals surface area contributed by atoms with E-state index in [2.05, 4.69) is 26.7 Å². The highest BCUT2D eigenvalue weighted by Crippen LogP contribution is 2.37. The number of aromatic nitrogens is 2. The van der Waals surface area contributed by atoms with Gasteiger partial charge in [0.2, 0.25) is 0 Å². The molecule has 6 rings (SSSR count). The minimum atomic E-state index is -0.171. The third kappa shape index (κ3) is 4.46. The summed E-state index contributed by atoms with van der Waals surface area (Å²) in [6, 6.07) is 15.1. The van der Waals surface area contributed by atoms with Crippen LogP contribution < -0.4 is 0 Å². The van der Waals surface area contributed by atoms with Crippen molar-refractivity contribution in [2.45, 2.75) is 24.7 Å². The Labute approximate surface area is 215 Å². The summed E-state index contributed by atoms with van der Waals surface area (Å²) >= 11 is 1.73. The van der Waals surface area contributed by atoms with Crippen molar-refractivity contribution in [3.8, 4) is 0 Å². The van der Waals surface area contributed by atoms with E-state index in [9.17, 15) is 9.18 Å². The molecule has 186 valence electrons. The van der Waals surface area contributed by atoms with Crippen LogP contribution in [0, 0.1) is 11.7 Å². The third-order valence-electron chi connectivity index (χ3n) is 8.11. The average molecular weight is 503 g/mol. The van der Waals surface area contributed by atoms with Crippen LogP contribution in [-0.4, -0.2) is 58.0 Å². The maximum atomic E-state index is 13.7. The molecule has 4 heterocycles. The number of thiophene rings is 1. The Balaban J connectivity index is 1.17. The van der Waals surface area contributed by atoms with Gasteiger partial charge >= 0.3 is 0 Å². The molecule has 4 aromatic rings. The van der Waals surface area contributed by atoms with E-state index >= 15 is 0 Å². The highest BCUT2D eigenvalue weighted by Gasteiger charge is 2.38. The second-order valence-corrected chi connectivity index (χ2v) is 11.1. The van der Waals surface area contributed by atoms with Gasteiger partial charge in [-0.15, -0.1) is 0 Å². The molecular formula is C29H31FN4OS. The second-order valence-electron chi connectivity index (χ2n) is 10.3. The van der Waals surface area contributed by atoms with Crippen LogP contribution in [0.1, 0.15) is 46.2 Å². The van der Waals surface area contributed by atoms with E-state index in [1.165, 1.54) is 11.1 Å². The van der Waals surface area contributed by atoms with E-state index in [0.29, 0.717) is 23.3 Å². The Morgan fingerprint density at radius 1 is 1.06 bits per heavy atom. The van der Waals surface area contributed by atoms with E-state index in [1.54, 1.807) is 29.8 Å². The monoisotopic (exact) mass is 502 g/mol. The molecule has 2 atom stereocenters. The SMILES string of the molecule is Cn1cnc2c(C(=O)N3CC(CN4CCC(c5ccc(F)cc5)CC4)C(c4ccsc4)C3)cccc21. The van der Waals surface area contributed by atoms with Crippen molar-refractivity contribution in [3.05, 3.63) is 88.1 Å². The van der Waals surface area contributed by atoms with Crippen molar-refractivity contribution >= 4 is 28.3 Å². The number of halogens is 1. The number of carbonyl (C=O) groups excluding carboxylic acids is 1. The summed E-state index contributed by atoms with van der Waals surface area (Å²) in [5.41, 5.74) is 5.04. The number of likely N-dealkylation sites (tertiary alicyclic amines) is 2. The molecule has 0 spiro atoms. The summed E-state index contributed by atoms with van der Waals surface area (Å²) in [6.45, 7) is 4.58. The average Bonchev–Trinajstić information content (AvgIpc) is 3.65. The Bertz CT molecular complexity index is 1340. The number of fused-ring (bicyclic) bond motifs is 1. The number of aryl methyl sites for hydroxylation is 1. The van der Waals surface area contributed by atoms with Gasteiger partial charge in [0, 0.05) is 32.6 Å². The Morgan fingerprint density at radius 3 is 2.61 bits per heavy atom. The topological polar surface area (TPSA) is 41.4 Å². The summed E-state index contributed by atoms with van der Waals surface area (Å²) in [5, 5.41) is 4.38. The van der Waals surface area contributed by atoms with Gasteiger partial charge < -0.3 is 14.4 Å². The summed E-state index contributed by atoms with van der Waals surface area (Å²) in [6.07, 6.45) is 3.95. The van der Waals surface area contributed by atoms with Gasteiger partial charge in [-0.05, 0) is 90.0 Å². The molecule has 0 aliphatic carbocycles. The van der Waals surface area contributed by atoms with Crippen molar-refractivity contribution < 1.29 is 9.18 Å². The zero-order valence-electron chi connectivity index (χ0n) is 20.5. The summed E-state index contributed by atoms with van der Waals surface area (Å²) < 4.78 is 15.3. The first-order valence-electron chi connectivity index (χ1n) is 12.8. The van der Waals surface area contributed by atoms with Crippen LogP contribution in [0.25, 0.3) is 11.0 Å². The molecule has 2 aliphatic rings. The molecule has 2 saturated heterocycles. The molecule has 2 aromatic carbocycles. The standard InChI is InChI=1S/C29H31FN4OS/c1-32-19-31-28-25(3-2-4-27(28)32)29(35)34-16-23(26(17-34)22-11-14-36-18-22)15-33-12-9-21(10-13-33)20-5-7-24(30)8-6-20/h2-8,11,14,18-19,21,23,26H,9-10,12-13,15-17H2,1H3. The Hall–Kier alpha value is -3.03. The number of rotatable bonds is 5. The van der Waals surface area contributed by atoms with Gasteiger partial charge in [-0.2, -0.15) is 11.3 Å². The number of hydrogen-bond donors (Lipinski definition) is 0. The van der Waals surface area contributed by atoms with Crippen LogP contribution >= 0.6 is 11.3 Å². The van der Waals surface area contributed by atoms with Crippen molar-refractivity contribution in [1.82, 2.24) is 19.4 Å². The summed E-state index contributed by atoms with van der Waals surface area (Å²) in [4.78, 5) is 22.8. The number of amides is 1. The van der Waals surface area contributed by atoms with Crippen LogP contribution in [-0.2, 0) is 7.05 Å². The number of hydrogen-bond acceptors (Lipinski definition) is 4. The molecular weight excluding hydrogens is 471 g/mol. The minimum absolute atomic E-state index is 0.0806. The predicted molar refractivity (Wildman–Crippen MR) is 142 cm³/mol. The van der Waals surface area contributed by atoms with Gasteiger partial charge in [-0.25, -0.2) is 9.37 Å². The Morgan fingerprint density at radius 2 is 1.86 bits per heavy atom. The van der Waals surface area contributed by atoms with Gasteiger partial charge in [0.15, 0.2) is 0 Å². The van der Waals surface area contributed by atoms with Crippen LogP contribution in [0.4, 0.5) is 4.39 Å². The highest BCUT2D eigenvalue weighted by molar-refractivity contribution is 7.08. The van der Waals surface area contributed by atoms with Crippen LogP contribution in [0.15, 0.2) is 65.6 Å². The number of nitrogens with zero attached hydrogens (tertiary/aromatic N) is 4. The first-order valence-corrected chi connectivity index (χ1v) is 13.7. The number of carbonyl (C=O) groups is 1. The molecule has 0 radical (unpaired) electrons. The van der Waals surface area contributed by atoms with Crippen molar-refractivity contribution in [3.63, 3.8) is 0 Å². The van der Waals surface area contributed by atoms with Gasteiger partial charge in [-0.1, -0.05) is 18.2 Å². The number of imidazole rings is 1. The third-order valence-corrected chi connectivity index (χ3v) is 8.81. The highest BCUT2D eigenvalue weighted by atomic mass is 32.1. The van der Waals surface area contributed by atoms with E-state index in [1.807, 2.05) is 46.8 Å². The number of para-hydroxylation sites is 1. The summed E-state index contributed by atoms with van der Waals surface area (Å²) in [5.74, 6) is 1.15. The second kappa shape index (κ2) is 9.79. The van der Waals surface area contributed by atoms with Crippen LogP contribution in [0.5, 0.6) is 0 Å². The molecule has 0 saturated carbocycles. The van der Waals surface area contributed by atoms with Gasteiger partial charge in [0.05, 0.1) is 17.4 Å². The predicted octanol–water partition coefficient (Wildman–Crippen LogP) is 5.51. The largest absolute Gasteiger partial charge is 0.338 e. The van der Waals surface area contributed by atoms with Crippen molar-refractivity contribution in [2.24, 2.45) is 13.0 Å². The van der Waals surface area contributed by atoms with E-state index in [-0.39, 0.29) is 11.7 Å².